The van der Waals surface area contributed by atoms with E-state index in [1.54, 1.807) is 19.1 Å². The number of benzene rings is 2. The topological polar surface area (TPSA) is 38.7 Å². The first kappa shape index (κ1) is 19.8. The molecule has 0 saturated heterocycles. The van der Waals surface area contributed by atoms with Gasteiger partial charge in [0.2, 0.25) is 0 Å². The maximum absolute atomic E-state index is 12.4. The largest absolute Gasteiger partial charge is 0.435 e. The summed E-state index contributed by atoms with van der Waals surface area (Å²) >= 11 is 3.49. The van der Waals surface area contributed by atoms with Crippen molar-refractivity contribution in [3.63, 3.8) is 0 Å². The highest BCUT2D eigenvalue weighted by Crippen LogP contribution is 2.31. The Morgan fingerprint density at radius 1 is 1.12 bits per heavy atom. The Morgan fingerprint density at radius 3 is 2.48 bits per heavy atom. The molecule has 2 rings (SSSR count). The minimum atomic E-state index is -2.86. The van der Waals surface area contributed by atoms with Crippen LogP contribution >= 0.6 is 15.9 Å². The van der Waals surface area contributed by atoms with Crippen molar-refractivity contribution >= 4 is 15.9 Å². The summed E-state index contributed by atoms with van der Waals surface area (Å²) in [7, 11) is 0. The van der Waals surface area contributed by atoms with E-state index in [4.69, 9.17) is 4.74 Å². The van der Waals surface area contributed by atoms with Crippen LogP contribution in [0.25, 0.3) is 0 Å². The second kappa shape index (κ2) is 9.27. The van der Waals surface area contributed by atoms with Crippen LogP contribution in [0.5, 0.6) is 5.75 Å². The molecule has 1 N–H and O–H groups in total. The highest BCUT2D eigenvalue weighted by atomic mass is 79.9. The second-order valence-electron chi connectivity index (χ2n) is 5.67. The van der Waals surface area contributed by atoms with Gasteiger partial charge in [0.25, 0.3) is 0 Å². The molecule has 3 nitrogen and oxygen atoms in total. The standard InChI is InChI=1S/C19H21BrF2O3/c1-3-24-11-13-7-15(9-16(20)8-13)17(10-23)14-4-5-18(12(2)6-14)25-19(21)22/h4-9,17,19,23H,3,10-11H2,1-2H3. The molecule has 2 aromatic carbocycles. The average Bonchev–Trinajstić information content (AvgIpc) is 2.55. The van der Waals surface area contributed by atoms with E-state index < -0.39 is 6.61 Å². The summed E-state index contributed by atoms with van der Waals surface area (Å²) in [5.41, 5.74) is 3.36. The zero-order chi connectivity index (χ0) is 18.4. The summed E-state index contributed by atoms with van der Waals surface area (Å²) < 4.78 is 35.6. The summed E-state index contributed by atoms with van der Waals surface area (Å²) in [5, 5.41) is 9.90. The van der Waals surface area contributed by atoms with E-state index in [0.29, 0.717) is 18.8 Å². The maximum Gasteiger partial charge on any atom is 0.387 e. The molecule has 0 aromatic heterocycles. The van der Waals surface area contributed by atoms with Crippen LogP contribution in [0.1, 0.15) is 35.1 Å². The Kier molecular flexibility index (Phi) is 7.35. The fourth-order valence-corrected chi connectivity index (χ4v) is 3.26. The van der Waals surface area contributed by atoms with E-state index in [1.807, 2.05) is 25.1 Å². The number of hydrogen-bond acceptors (Lipinski definition) is 3. The first-order valence-electron chi connectivity index (χ1n) is 7.98. The van der Waals surface area contributed by atoms with Crippen LogP contribution in [0.3, 0.4) is 0 Å². The molecule has 0 spiro atoms. The lowest BCUT2D eigenvalue weighted by atomic mass is 9.90. The number of rotatable bonds is 8. The molecule has 0 heterocycles. The summed E-state index contributed by atoms with van der Waals surface area (Å²) in [6.45, 7) is 1.79. The van der Waals surface area contributed by atoms with Crippen molar-refractivity contribution in [1.29, 1.82) is 0 Å². The van der Waals surface area contributed by atoms with Crippen LogP contribution < -0.4 is 4.74 Å². The van der Waals surface area contributed by atoms with Crippen LogP contribution in [-0.2, 0) is 11.3 Å². The third kappa shape index (κ3) is 5.49. The zero-order valence-electron chi connectivity index (χ0n) is 14.1. The summed E-state index contributed by atoms with van der Waals surface area (Å²) in [6.07, 6.45) is 0. The van der Waals surface area contributed by atoms with Gasteiger partial charge < -0.3 is 14.6 Å². The lowest BCUT2D eigenvalue weighted by Crippen LogP contribution is -2.09. The number of aliphatic hydroxyl groups excluding tert-OH is 1. The number of aryl methyl sites for hydroxylation is 1. The Labute approximate surface area is 154 Å². The van der Waals surface area contributed by atoms with Gasteiger partial charge in [-0.25, -0.2) is 0 Å². The van der Waals surface area contributed by atoms with Gasteiger partial charge >= 0.3 is 6.61 Å². The van der Waals surface area contributed by atoms with Gasteiger partial charge in [0.15, 0.2) is 0 Å². The molecular formula is C19H21BrF2O3. The van der Waals surface area contributed by atoms with Gasteiger partial charge in [-0.1, -0.05) is 34.1 Å². The number of alkyl halides is 2. The van der Waals surface area contributed by atoms with Crippen molar-refractivity contribution < 1.29 is 23.4 Å². The maximum atomic E-state index is 12.4. The van der Waals surface area contributed by atoms with Crippen molar-refractivity contribution in [3.8, 4) is 5.75 Å². The van der Waals surface area contributed by atoms with E-state index in [0.717, 1.165) is 21.2 Å². The van der Waals surface area contributed by atoms with Crippen LogP contribution in [0.4, 0.5) is 8.78 Å². The quantitative estimate of drug-likeness (QED) is 0.658. The predicted octanol–water partition coefficient (Wildman–Crippen LogP) is 5.02. The lowest BCUT2D eigenvalue weighted by molar-refractivity contribution is -0.0503. The van der Waals surface area contributed by atoms with Gasteiger partial charge in [0.1, 0.15) is 5.75 Å². The first-order valence-corrected chi connectivity index (χ1v) is 8.77. The van der Waals surface area contributed by atoms with Gasteiger partial charge in [-0.05, 0) is 54.3 Å². The van der Waals surface area contributed by atoms with Crippen LogP contribution in [0.2, 0.25) is 0 Å². The Morgan fingerprint density at radius 2 is 1.88 bits per heavy atom. The molecule has 0 saturated carbocycles. The molecule has 6 heteroatoms. The van der Waals surface area contributed by atoms with E-state index in [1.165, 1.54) is 6.07 Å². The highest BCUT2D eigenvalue weighted by molar-refractivity contribution is 9.10. The number of halogens is 3. The Bertz CT molecular complexity index is 707. The molecule has 0 aliphatic heterocycles. The van der Waals surface area contributed by atoms with Gasteiger partial charge in [-0.3, -0.25) is 0 Å². The molecule has 0 fully saturated rings. The number of aliphatic hydroxyl groups is 1. The predicted molar refractivity (Wildman–Crippen MR) is 96.2 cm³/mol. The third-order valence-electron chi connectivity index (χ3n) is 3.86. The van der Waals surface area contributed by atoms with Crippen molar-refractivity contribution in [2.45, 2.75) is 33.0 Å². The van der Waals surface area contributed by atoms with Crippen LogP contribution in [0, 0.1) is 6.92 Å². The van der Waals surface area contributed by atoms with Gasteiger partial charge in [-0.15, -0.1) is 0 Å². The van der Waals surface area contributed by atoms with Crippen LogP contribution in [-0.4, -0.2) is 24.9 Å². The highest BCUT2D eigenvalue weighted by Gasteiger charge is 2.17. The molecule has 0 aliphatic carbocycles. The SMILES string of the molecule is CCOCc1cc(Br)cc(C(CO)c2ccc(OC(F)F)c(C)c2)c1. The average molecular weight is 415 g/mol. The van der Waals surface area contributed by atoms with E-state index >= 15 is 0 Å². The van der Waals surface area contributed by atoms with E-state index in [9.17, 15) is 13.9 Å². The van der Waals surface area contributed by atoms with Crippen molar-refractivity contribution in [1.82, 2.24) is 0 Å². The molecule has 0 aliphatic rings. The second-order valence-corrected chi connectivity index (χ2v) is 6.58. The fourth-order valence-electron chi connectivity index (χ4n) is 2.70. The van der Waals surface area contributed by atoms with Gasteiger partial charge in [-0.2, -0.15) is 8.78 Å². The molecule has 1 unspecified atom stereocenters. The molecule has 2 aromatic rings. The lowest BCUT2D eigenvalue weighted by Gasteiger charge is -2.19. The van der Waals surface area contributed by atoms with Crippen molar-refractivity contribution in [2.24, 2.45) is 0 Å². The van der Waals surface area contributed by atoms with Crippen LogP contribution in [0.15, 0.2) is 40.9 Å². The summed E-state index contributed by atoms with van der Waals surface area (Å²) in [6, 6.07) is 10.9. The monoisotopic (exact) mass is 414 g/mol. The van der Waals surface area contributed by atoms with Crippen molar-refractivity contribution in [2.75, 3.05) is 13.2 Å². The Balaban J connectivity index is 2.33. The minimum absolute atomic E-state index is 0.0982. The zero-order valence-corrected chi connectivity index (χ0v) is 15.7. The normalized spacial score (nSPS) is 12.4. The van der Waals surface area contributed by atoms with Gasteiger partial charge in [0.05, 0.1) is 13.2 Å². The van der Waals surface area contributed by atoms with E-state index in [2.05, 4.69) is 20.7 Å². The first-order chi connectivity index (χ1) is 11.9. The molecule has 0 bridgehead atoms. The molecule has 25 heavy (non-hydrogen) atoms. The summed E-state index contributed by atoms with van der Waals surface area (Å²) in [4.78, 5) is 0. The molecule has 0 radical (unpaired) electrons. The smallest absolute Gasteiger partial charge is 0.387 e. The van der Waals surface area contributed by atoms with E-state index in [-0.39, 0.29) is 18.3 Å². The molecule has 1 atom stereocenters. The number of ether oxygens (including phenoxy) is 2. The van der Waals surface area contributed by atoms with Gasteiger partial charge in [0, 0.05) is 17.0 Å². The fraction of sp³-hybridized carbons (Fsp3) is 0.368. The Hall–Kier alpha value is -1.50. The minimum Gasteiger partial charge on any atom is -0.435 e. The third-order valence-corrected chi connectivity index (χ3v) is 4.31. The molecular weight excluding hydrogens is 394 g/mol. The molecule has 136 valence electrons. The number of hydrogen-bond donors (Lipinski definition) is 1. The summed E-state index contributed by atoms with van der Waals surface area (Å²) in [5.74, 6) is -0.126. The van der Waals surface area contributed by atoms with Crippen molar-refractivity contribution in [3.05, 3.63) is 63.1 Å². The molecule has 0 amide bonds.